The highest BCUT2D eigenvalue weighted by molar-refractivity contribution is 7.12. The molecule has 2 N–H and O–H groups in total. The van der Waals surface area contributed by atoms with Crippen molar-refractivity contribution < 1.29 is 9.47 Å². The summed E-state index contributed by atoms with van der Waals surface area (Å²) < 4.78 is 11.7. The second kappa shape index (κ2) is 11.1. The van der Waals surface area contributed by atoms with Crippen LogP contribution >= 0.6 is 11.3 Å². The van der Waals surface area contributed by atoms with E-state index in [0.717, 1.165) is 0 Å². The van der Waals surface area contributed by atoms with Gasteiger partial charge in [0, 0.05) is 44.4 Å². The van der Waals surface area contributed by atoms with Gasteiger partial charge in [-0.15, -0.1) is 26.7 Å². The zero-order valence-electron chi connectivity index (χ0n) is 17.4. The van der Waals surface area contributed by atoms with Gasteiger partial charge in [-0.3, -0.25) is 0 Å². The number of nitrogens with zero attached hydrogens (tertiary/aromatic N) is 8. The van der Waals surface area contributed by atoms with Gasteiger partial charge in [0.25, 0.3) is 5.95 Å². The monoisotopic (exact) mass is 442 g/mol. The standard InChI is InChI=1S/C18H22N10O2S/c1-12-13(10-19)15(20-4-7-29-2)24-16(21-5-8-30-3)14(12)25-26-17-23-11-28(27-17)18-22-6-9-31-18/h6,9,11H,4-5,7-8H2,1-3H3,(H2,20,21,24). The minimum atomic E-state index is 0.165. The van der Waals surface area contributed by atoms with Crippen LogP contribution in [0, 0.1) is 18.3 Å². The van der Waals surface area contributed by atoms with E-state index in [4.69, 9.17) is 9.47 Å². The number of azo groups is 1. The van der Waals surface area contributed by atoms with Crippen LogP contribution in [-0.2, 0) is 9.47 Å². The molecule has 162 valence electrons. The molecule has 0 aliphatic rings. The summed E-state index contributed by atoms with van der Waals surface area (Å²) in [7, 11) is 3.22. The number of hydrogen-bond donors (Lipinski definition) is 2. The van der Waals surface area contributed by atoms with Gasteiger partial charge in [0.15, 0.2) is 5.82 Å². The number of nitriles is 1. The maximum Gasteiger partial charge on any atom is 0.287 e. The van der Waals surface area contributed by atoms with E-state index in [-0.39, 0.29) is 5.95 Å². The van der Waals surface area contributed by atoms with Gasteiger partial charge >= 0.3 is 0 Å². The van der Waals surface area contributed by atoms with Crippen molar-refractivity contribution in [3.05, 3.63) is 29.0 Å². The van der Waals surface area contributed by atoms with Gasteiger partial charge in [0.1, 0.15) is 23.9 Å². The molecular formula is C18H22N10O2S. The van der Waals surface area contributed by atoms with Gasteiger partial charge in [0.05, 0.1) is 18.8 Å². The molecule has 3 heterocycles. The molecule has 0 radical (unpaired) electrons. The molecule has 3 rings (SSSR count). The second-order valence-electron chi connectivity index (χ2n) is 6.11. The van der Waals surface area contributed by atoms with E-state index in [0.29, 0.717) is 59.9 Å². The minimum Gasteiger partial charge on any atom is -0.383 e. The predicted octanol–water partition coefficient (Wildman–Crippen LogP) is 2.83. The number of anilines is 2. The van der Waals surface area contributed by atoms with Crippen LogP contribution in [0.5, 0.6) is 0 Å². The third kappa shape index (κ3) is 5.57. The first-order valence-corrected chi connectivity index (χ1v) is 10.2. The van der Waals surface area contributed by atoms with Crippen molar-refractivity contribution in [2.45, 2.75) is 6.92 Å². The van der Waals surface area contributed by atoms with Crippen molar-refractivity contribution in [1.29, 1.82) is 5.26 Å². The lowest BCUT2D eigenvalue weighted by atomic mass is 10.1. The van der Waals surface area contributed by atoms with Gasteiger partial charge in [-0.2, -0.15) is 14.9 Å². The Balaban J connectivity index is 1.92. The Hall–Kier alpha value is -3.47. The number of methoxy groups -OCH3 is 2. The molecule has 0 amide bonds. The lowest BCUT2D eigenvalue weighted by molar-refractivity contribution is 0.210. The largest absolute Gasteiger partial charge is 0.383 e. The first kappa shape index (κ1) is 22.2. The Morgan fingerprint density at radius 3 is 2.52 bits per heavy atom. The van der Waals surface area contributed by atoms with E-state index >= 15 is 0 Å². The molecule has 0 saturated heterocycles. The Labute approximate surface area is 183 Å². The summed E-state index contributed by atoms with van der Waals surface area (Å²) in [5, 5.41) is 31.2. The molecule has 0 saturated carbocycles. The summed E-state index contributed by atoms with van der Waals surface area (Å²) in [5.41, 5.74) is 1.43. The zero-order chi connectivity index (χ0) is 22.1. The van der Waals surface area contributed by atoms with Gasteiger partial charge in [-0.05, 0) is 6.92 Å². The van der Waals surface area contributed by atoms with Crippen LogP contribution in [-0.4, -0.2) is 65.3 Å². The highest BCUT2D eigenvalue weighted by Gasteiger charge is 2.17. The van der Waals surface area contributed by atoms with Gasteiger partial charge in [-0.25, -0.2) is 9.97 Å². The number of rotatable bonds is 11. The Bertz CT molecular complexity index is 1060. The molecular weight excluding hydrogens is 420 g/mol. The smallest absolute Gasteiger partial charge is 0.287 e. The molecule has 0 fully saturated rings. The number of thiazole rings is 1. The Kier molecular flexibility index (Phi) is 7.93. The maximum atomic E-state index is 9.67. The van der Waals surface area contributed by atoms with Gasteiger partial charge in [0.2, 0.25) is 5.13 Å². The van der Waals surface area contributed by atoms with Crippen LogP contribution in [0.15, 0.2) is 28.1 Å². The lowest BCUT2D eigenvalue weighted by Crippen LogP contribution is -2.14. The fraction of sp³-hybridized carbons (Fsp3) is 0.389. The highest BCUT2D eigenvalue weighted by Crippen LogP contribution is 2.34. The van der Waals surface area contributed by atoms with Crippen LogP contribution in [0.25, 0.3) is 5.13 Å². The van der Waals surface area contributed by atoms with Crippen molar-refractivity contribution >= 4 is 34.6 Å². The first-order chi connectivity index (χ1) is 15.2. The fourth-order valence-corrected chi connectivity index (χ4v) is 3.12. The Morgan fingerprint density at radius 2 is 1.87 bits per heavy atom. The summed E-state index contributed by atoms with van der Waals surface area (Å²) in [5.74, 6) is 1.08. The van der Waals surface area contributed by atoms with Crippen LogP contribution in [0.2, 0.25) is 0 Å². The number of nitrogens with one attached hydrogen (secondary N) is 2. The fourth-order valence-electron chi connectivity index (χ4n) is 2.56. The molecule has 0 bridgehead atoms. The van der Waals surface area contributed by atoms with Crippen molar-refractivity contribution in [2.24, 2.45) is 10.2 Å². The predicted molar refractivity (Wildman–Crippen MR) is 116 cm³/mol. The van der Waals surface area contributed by atoms with Crippen LogP contribution in [0.1, 0.15) is 11.1 Å². The first-order valence-electron chi connectivity index (χ1n) is 9.31. The van der Waals surface area contributed by atoms with E-state index in [9.17, 15) is 5.26 Å². The molecule has 0 aliphatic carbocycles. The molecule has 0 aromatic carbocycles. The maximum absolute atomic E-state index is 9.67. The molecule has 0 atom stereocenters. The number of hydrogen-bond acceptors (Lipinski definition) is 12. The van der Waals surface area contributed by atoms with Crippen molar-refractivity contribution in [3.63, 3.8) is 0 Å². The van der Waals surface area contributed by atoms with E-state index in [1.165, 1.54) is 22.3 Å². The van der Waals surface area contributed by atoms with Gasteiger partial charge < -0.3 is 20.1 Å². The van der Waals surface area contributed by atoms with Crippen LogP contribution in [0.3, 0.4) is 0 Å². The van der Waals surface area contributed by atoms with Crippen molar-refractivity contribution in [2.75, 3.05) is 51.2 Å². The number of ether oxygens (including phenoxy) is 2. The van der Waals surface area contributed by atoms with E-state index in [1.54, 1.807) is 27.3 Å². The third-order valence-corrected chi connectivity index (χ3v) is 4.82. The molecule has 3 aromatic rings. The average Bonchev–Trinajstić information content (AvgIpc) is 3.46. The second-order valence-corrected chi connectivity index (χ2v) is 6.99. The topological polar surface area (TPSA) is 148 Å². The van der Waals surface area contributed by atoms with E-state index in [1.807, 2.05) is 5.38 Å². The lowest BCUT2D eigenvalue weighted by Gasteiger charge is -2.15. The quantitative estimate of drug-likeness (QED) is 0.338. The summed E-state index contributed by atoms with van der Waals surface area (Å²) in [6, 6.07) is 2.18. The number of aromatic nitrogens is 5. The molecule has 31 heavy (non-hydrogen) atoms. The Morgan fingerprint density at radius 1 is 1.13 bits per heavy atom. The zero-order valence-corrected chi connectivity index (χ0v) is 18.2. The van der Waals surface area contributed by atoms with E-state index in [2.05, 4.69) is 47.0 Å². The minimum absolute atomic E-state index is 0.165. The summed E-state index contributed by atoms with van der Waals surface area (Å²) in [6.07, 6.45) is 3.20. The highest BCUT2D eigenvalue weighted by atomic mass is 32.1. The van der Waals surface area contributed by atoms with Crippen molar-refractivity contribution in [3.8, 4) is 11.2 Å². The molecule has 0 aliphatic heterocycles. The molecule has 13 heteroatoms. The third-order valence-electron chi connectivity index (χ3n) is 4.06. The molecule has 0 spiro atoms. The molecule has 0 unspecified atom stereocenters. The summed E-state index contributed by atoms with van der Waals surface area (Å²) in [4.78, 5) is 12.9. The van der Waals surface area contributed by atoms with Gasteiger partial charge in [-0.1, -0.05) is 0 Å². The average molecular weight is 443 g/mol. The van der Waals surface area contributed by atoms with Crippen LogP contribution < -0.4 is 10.6 Å². The van der Waals surface area contributed by atoms with E-state index < -0.39 is 0 Å². The number of pyridine rings is 1. The van der Waals surface area contributed by atoms with Crippen LogP contribution in [0.4, 0.5) is 23.3 Å². The van der Waals surface area contributed by atoms with Crippen molar-refractivity contribution in [1.82, 2.24) is 24.7 Å². The SMILES string of the molecule is COCCNc1nc(NCCOC)c(N=Nc2ncn(-c3nccs3)n2)c(C)c1C#N. The molecule has 12 nitrogen and oxygen atoms in total. The summed E-state index contributed by atoms with van der Waals surface area (Å²) >= 11 is 1.43. The summed E-state index contributed by atoms with van der Waals surface area (Å²) in [6.45, 7) is 3.76. The molecule has 3 aromatic heterocycles. The normalized spacial score (nSPS) is 11.0.